The maximum Gasteiger partial charge on any atom is 0.324 e. The number of non-ortho nitro benzene ring substituents is 1. The zero-order valence-corrected chi connectivity index (χ0v) is 16.5. The van der Waals surface area contributed by atoms with Crippen molar-refractivity contribution in [3.05, 3.63) is 40.3 Å². The minimum atomic E-state index is -3.50. The molecule has 1 aliphatic heterocycles. The van der Waals surface area contributed by atoms with Crippen molar-refractivity contribution >= 4 is 21.7 Å². The van der Waals surface area contributed by atoms with Crippen LogP contribution in [0.2, 0.25) is 0 Å². The van der Waals surface area contributed by atoms with Gasteiger partial charge in [-0.05, 0) is 31.4 Å². The van der Waals surface area contributed by atoms with Crippen LogP contribution in [-0.4, -0.2) is 52.2 Å². The van der Waals surface area contributed by atoms with Crippen molar-refractivity contribution in [3.8, 4) is 11.5 Å². The number of nitrogens with zero attached hydrogens (tertiary/aromatic N) is 4. The van der Waals surface area contributed by atoms with E-state index in [0.717, 1.165) is 0 Å². The highest BCUT2D eigenvalue weighted by Gasteiger charge is 2.39. The number of rotatable bonds is 8. The molecule has 1 unspecified atom stereocenters. The normalized spacial score (nSPS) is 17.3. The summed E-state index contributed by atoms with van der Waals surface area (Å²) in [6.07, 6.45) is 1.46. The number of sulfonamides is 1. The Balaban J connectivity index is 1.62. The molecule has 12 heteroatoms. The first-order valence-corrected chi connectivity index (χ1v) is 10.7. The number of hydrogen-bond donors (Lipinski definition) is 0. The van der Waals surface area contributed by atoms with E-state index in [1.54, 1.807) is 6.92 Å². The molecule has 1 fully saturated rings. The summed E-state index contributed by atoms with van der Waals surface area (Å²) >= 11 is 0. The number of carbonyl (C=O) groups excluding carboxylic acids is 1. The Hall–Kier alpha value is -2.86. The summed E-state index contributed by atoms with van der Waals surface area (Å²) in [5, 5.41) is 18.3. The average Bonchev–Trinajstić information content (AvgIpc) is 3.36. The highest BCUT2D eigenvalue weighted by molar-refractivity contribution is 7.89. The largest absolute Gasteiger partial charge is 0.454 e. The number of esters is 1. The SMILES string of the molecule is CCCS(=O)(=O)N1CCCC1C(=O)OCc1nnc(-c2ccc([N+](=O)[O-])cc2)o1. The highest BCUT2D eigenvalue weighted by Crippen LogP contribution is 2.24. The van der Waals surface area contributed by atoms with Crippen LogP contribution in [0.1, 0.15) is 32.1 Å². The molecule has 0 amide bonds. The fraction of sp³-hybridized carbons (Fsp3) is 0.471. The third kappa shape index (κ3) is 4.77. The van der Waals surface area contributed by atoms with Gasteiger partial charge in [-0.25, -0.2) is 8.42 Å². The number of nitro benzene ring substituents is 1. The van der Waals surface area contributed by atoms with Gasteiger partial charge in [0, 0.05) is 24.2 Å². The second kappa shape index (κ2) is 8.66. The maximum atomic E-state index is 12.4. The van der Waals surface area contributed by atoms with Gasteiger partial charge < -0.3 is 9.15 Å². The molecule has 29 heavy (non-hydrogen) atoms. The van der Waals surface area contributed by atoms with Gasteiger partial charge in [-0.15, -0.1) is 10.2 Å². The molecule has 2 aromatic rings. The standard InChI is InChI=1S/C17H20N4O7S/c1-2-10-29(25,26)20-9-3-4-14(20)17(22)27-11-15-18-19-16(28-15)12-5-7-13(8-6-12)21(23)24/h5-8,14H,2-4,9-11H2,1H3. The molecule has 0 aliphatic carbocycles. The van der Waals surface area contributed by atoms with E-state index in [-0.39, 0.29) is 29.8 Å². The van der Waals surface area contributed by atoms with Crippen molar-refractivity contribution in [2.75, 3.05) is 12.3 Å². The minimum absolute atomic E-state index is 0.0148. The van der Waals surface area contributed by atoms with Crippen LogP contribution in [0.15, 0.2) is 28.7 Å². The van der Waals surface area contributed by atoms with Gasteiger partial charge in [0.15, 0.2) is 6.61 Å². The fourth-order valence-corrected chi connectivity index (χ4v) is 4.80. The first-order chi connectivity index (χ1) is 13.8. The Bertz CT molecular complexity index is 987. The highest BCUT2D eigenvalue weighted by atomic mass is 32.2. The molecule has 0 saturated carbocycles. The second-order valence-electron chi connectivity index (χ2n) is 6.50. The monoisotopic (exact) mass is 424 g/mol. The Morgan fingerprint density at radius 3 is 2.72 bits per heavy atom. The van der Waals surface area contributed by atoms with E-state index in [2.05, 4.69) is 10.2 Å². The molecule has 156 valence electrons. The lowest BCUT2D eigenvalue weighted by molar-refractivity contribution is -0.384. The first-order valence-electron chi connectivity index (χ1n) is 9.05. The van der Waals surface area contributed by atoms with E-state index >= 15 is 0 Å². The summed E-state index contributed by atoms with van der Waals surface area (Å²) in [5.74, 6) is -0.511. The smallest absolute Gasteiger partial charge is 0.324 e. The zero-order chi connectivity index (χ0) is 21.0. The predicted octanol–water partition coefficient (Wildman–Crippen LogP) is 1.89. The van der Waals surface area contributed by atoms with Crippen LogP contribution in [0, 0.1) is 10.1 Å². The van der Waals surface area contributed by atoms with Crippen molar-refractivity contribution in [2.45, 2.75) is 38.8 Å². The van der Waals surface area contributed by atoms with Crippen LogP contribution in [0.5, 0.6) is 0 Å². The van der Waals surface area contributed by atoms with Crippen LogP contribution in [-0.2, 0) is 26.2 Å². The molecule has 1 aromatic carbocycles. The molecule has 1 aromatic heterocycles. The molecule has 11 nitrogen and oxygen atoms in total. The molecule has 1 aliphatic rings. The van der Waals surface area contributed by atoms with E-state index in [1.807, 2.05) is 0 Å². The van der Waals surface area contributed by atoms with E-state index in [4.69, 9.17) is 9.15 Å². The van der Waals surface area contributed by atoms with Crippen LogP contribution in [0.4, 0.5) is 5.69 Å². The summed E-state index contributed by atoms with van der Waals surface area (Å²) in [4.78, 5) is 22.6. The molecule has 0 spiro atoms. The topological polar surface area (TPSA) is 146 Å². The fourth-order valence-electron chi connectivity index (χ4n) is 3.07. The van der Waals surface area contributed by atoms with Crippen molar-refractivity contribution in [3.63, 3.8) is 0 Å². The third-order valence-electron chi connectivity index (χ3n) is 4.42. The summed E-state index contributed by atoms with van der Waals surface area (Å²) in [7, 11) is -3.50. The minimum Gasteiger partial charge on any atom is -0.454 e. The Kier molecular flexibility index (Phi) is 6.23. The summed E-state index contributed by atoms with van der Waals surface area (Å²) in [5.41, 5.74) is 0.412. The number of hydrogen-bond acceptors (Lipinski definition) is 9. The molecule has 3 rings (SSSR count). The molecular weight excluding hydrogens is 404 g/mol. The van der Waals surface area contributed by atoms with Crippen molar-refractivity contribution in [2.24, 2.45) is 0 Å². The Labute approximate surface area is 166 Å². The number of ether oxygens (including phenoxy) is 1. The van der Waals surface area contributed by atoms with Crippen molar-refractivity contribution in [1.82, 2.24) is 14.5 Å². The molecule has 2 heterocycles. The lowest BCUT2D eigenvalue weighted by Crippen LogP contribution is -2.42. The number of benzene rings is 1. The zero-order valence-electron chi connectivity index (χ0n) is 15.7. The first kappa shape index (κ1) is 20.9. The second-order valence-corrected chi connectivity index (χ2v) is 8.54. The van der Waals surface area contributed by atoms with Crippen molar-refractivity contribution in [1.29, 1.82) is 0 Å². The maximum absolute atomic E-state index is 12.4. The van der Waals surface area contributed by atoms with Gasteiger partial charge in [-0.2, -0.15) is 4.31 Å². The summed E-state index contributed by atoms with van der Waals surface area (Å²) in [6, 6.07) is 4.71. The van der Waals surface area contributed by atoms with Gasteiger partial charge in [0.25, 0.3) is 11.6 Å². The number of carbonyl (C=O) groups is 1. The number of nitro groups is 1. The van der Waals surface area contributed by atoms with Gasteiger partial charge >= 0.3 is 5.97 Å². The predicted molar refractivity (Wildman–Crippen MR) is 100.0 cm³/mol. The number of aromatic nitrogens is 2. The van der Waals surface area contributed by atoms with E-state index in [0.29, 0.717) is 31.4 Å². The lowest BCUT2D eigenvalue weighted by Gasteiger charge is -2.22. The van der Waals surface area contributed by atoms with Crippen LogP contribution >= 0.6 is 0 Å². The van der Waals surface area contributed by atoms with Crippen molar-refractivity contribution < 1.29 is 27.3 Å². The molecule has 0 bridgehead atoms. The van der Waals surface area contributed by atoms with Gasteiger partial charge in [0.05, 0.1) is 10.7 Å². The lowest BCUT2D eigenvalue weighted by atomic mass is 10.2. The van der Waals surface area contributed by atoms with Gasteiger partial charge in [-0.1, -0.05) is 6.92 Å². The van der Waals surface area contributed by atoms with E-state index in [9.17, 15) is 23.3 Å². The molecule has 0 radical (unpaired) electrons. The third-order valence-corrected chi connectivity index (χ3v) is 6.50. The van der Waals surface area contributed by atoms with E-state index < -0.39 is 27.0 Å². The average molecular weight is 424 g/mol. The molecule has 1 atom stereocenters. The van der Waals surface area contributed by atoms with Crippen LogP contribution < -0.4 is 0 Å². The molecular formula is C17H20N4O7S. The van der Waals surface area contributed by atoms with E-state index in [1.165, 1.54) is 28.6 Å². The Morgan fingerprint density at radius 2 is 2.07 bits per heavy atom. The molecule has 0 N–H and O–H groups in total. The van der Waals surface area contributed by atoms with Crippen LogP contribution in [0.3, 0.4) is 0 Å². The van der Waals surface area contributed by atoms with Gasteiger partial charge in [-0.3, -0.25) is 14.9 Å². The molecule has 1 saturated heterocycles. The van der Waals surface area contributed by atoms with Gasteiger partial charge in [0.2, 0.25) is 15.9 Å². The quantitative estimate of drug-likeness (QED) is 0.352. The Morgan fingerprint density at radius 1 is 1.34 bits per heavy atom. The van der Waals surface area contributed by atoms with Gasteiger partial charge in [0.1, 0.15) is 6.04 Å². The van der Waals surface area contributed by atoms with Crippen LogP contribution in [0.25, 0.3) is 11.5 Å². The summed E-state index contributed by atoms with van der Waals surface area (Å²) in [6.45, 7) is 1.77. The summed E-state index contributed by atoms with van der Waals surface area (Å²) < 4.78 is 36.4.